The molecule has 0 unspecified atom stereocenters. The maximum Gasteiger partial charge on any atom is 0.124 e. The second-order valence-corrected chi connectivity index (χ2v) is 4.18. The van der Waals surface area contributed by atoms with Gasteiger partial charge in [-0.3, -0.25) is 0 Å². The quantitative estimate of drug-likeness (QED) is 0.867. The van der Waals surface area contributed by atoms with E-state index in [9.17, 15) is 4.39 Å². The van der Waals surface area contributed by atoms with Crippen LogP contribution in [-0.4, -0.2) is 18.3 Å². The van der Waals surface area contributed by atoms with Gasteiger partial charge in [0, 0.05) is 11.1 Å². The number of aliphatic hydroxyl groups is 1. The molecule has 1 rings (SSSR count). The number of benzene rings is 1. The molecule has 0 aliphatic carbocycles. The van der Waals surface area contributed by atoms with E-state index >= 15 is 0 Å². The lowest BCUT2D eigenvalue weighted by Gasteiger charge is -2.11. The zero-order valence-corrected chi connectivity index (χ0v) is 9.30. The molecule has 0 saturated carbocycles. The van der Waals surface area contributed by atoms with Crippen molar-refractivity contribution in [2.24, 2.45) is 11.7 Å². The van der Waals surface area contributed by atoms with E-state index in [0.29, 0.717) is 17.4 Å². The van der Waals surface area contributed by atoms with Gasteiger partial charge in [-0.25, -0.2) is 4.39 Å². The Bertz CT molecular complexity index is 282. The molecular weight excluding hydrogens is 249 g/mol. The lowest BCUT2D eigenvalue weighted by molar-refractivity contribution is 0.229. The summed E-state index contributed by atoms with van der Waals surface area (Å²) < 4.78 is 13.7. The van der Waals surface area contributed by atoms with Crippen LogP contribution in [0.1, 0.15) is 5.56 Å². The molecule has 0 radical (unpaired) electrons. The van der Waals surface area contributed by atoms with Crippen molar-refractivity contribution in [3.63, 3.8) is 0 Å². The zero-order chi connectivity index (χ0) is 10.6. The van der Waals surface area contributed by atoms with Crippen LogP contribution in [0.4, 0.5) is 4.39 Å². The smallest absolute Gasteiger partial charge is 0.124 e. The number of halogens is 2. The Kier molecular flexibility index (Phi) is 4.51. The Morgan fingerprint density at radius 1 is 1.43 bits per heavy atom. The van der Waals surface area contributed by atoms with E-state index in [1.807, 2.05) is 6.07 Å². The summed E-state index contributed by atoms with van der Waals surface area (Å²) in [6.07, 6.45) is 0.601. The minimum Gasteiger partial charge on any atom is -0.396 e. The predicted molar refractivity (Wildman–Crippen MR) is 57.4 cm³/mol. The SMILES string of the molecule is NC[C@@H](CO)Cc1cc(F)cc(Br)c1. The highest BCUT2D eigenvalue weighted by Gasteiger charge is 2.07. The molecule has 0 heterocycles. The monoisotopic (exact) mass is 261 g/mol. The number of hydrogen-bond acceptors (Lipinski definition) is 2. The van der Waals surface area contributed by atoms with Gasteiger partial charge in [-0.2, -0.15) is 0 Å². The Labute approximate surface area is 91.1 Å². The Balaban J connectivity index is 2.75. The average Bonchev–Trinajstić information content (AvgIpc) is 2.12. The van der Waals surface area contributed by atoms with Crippen LogP contribution in [0.15, 0.2) is 22.7 Å². The fraction of sp³-hybridized carbons (Fsp3) is 0.400. The molecule has 78 valence electrons. The molecule has 14 heavy (non-hydrogen) atoms. The van der Waals surface area contributed by atoms with E-state index in [0.717, 1.165) is 5.56 Å². The first-order valence-electron chi connectivity index (χ1n) is 4.41. The highest BCUT2D eigenvalue weighted by Crippen LogP contribution is 2.17. The molecule has 0 saturated heterocycles. The summed E-state index contributed by atoms with van der Waals surface area (Å²) in [5.41, 5.74) is 6.29. The van der Waals surface area contributed by atoms with Crippen molar-refractivity contribution < 1.29 is 9.50 Å². The van der Waals surface area contributed by atoms with Gasteiger partial charge >= 0.3 is 0 Å². The Morgan fingerprint density at radius 3 is 2.64 bits per heavy atom. The average molecular weight is 262 g/mol. The lowest BCUT2D eigenvalue weighted by Crippen LogP contribution is -2.20. The first-order valence-corrected chi connectivity index (χ1v) is 5.21. The van der Waals surface area contributed by atoms with Gasteiger partial charge in [0.1, 0.15) is 5.82 Å². The third kappa shape index (κ3) is 3.36. The maximum atomic E-state index is 13.0. The molecule has 0 fully saturated rings. The molecule has 0 aliphatic rings. The molecule has 0 amide bonds. The fourth-order valence-electron chi connectivity index (χ4n) is 1.28. The van der Waals surface area contributed by atoms with E-state index in [4.69, 9.17) is 10.8 Å². The van der Waals surface area contributed by atoms with E-state index in [1.54, 1.807) is 0 Å². The van der Waals surface area contributed by atoms with Crippen molar-refractivity contribution in [2.75, 3.05) is 13.2 Å². The van der Waals surface area contributed by atoms with Crippen LogP contribution < -0.4 is 5.73 Å². The van der Waals surface area contributed by atoms with Crippen LogP contribution in [0.2, 0.25) is 0 Å². The van der Waals surface area contributed by atoms with E-state index < -0.39 is 0 Å². The van der Waals surface area contributed by atoms with Crippen molar-refractivity contribution in [3.05, 3.63) is 34.1 Å². The standard InChI is InChI=1S/C10H13BrFNO/c11-9-2-7(3-10(12)4-9)1-8(5-13)6-14/h2-4,8,14H,1,5-6,13H2/t8-/m0/s1. The Morgan fingerprint density at radius 2 is 2.14 bits per heavy atom. The zero-order valence-electron chi connectivity index (χ0n) is 7.71. The van der Waals surface area contributed by atoms with Gasteiger partial charge in [-0.15, -0.1) is 0 Å². The molecule has 1 atom stereocenters. The molecule has 0 bridgehead atoms. The minimum atomic E-state index is -0.275. The van der Waals surface area contributed by atoms with Crippen LogP contribution in [0.5, 0.6) is 0 Å². The minimum absolute atomic E-state index is 0.00343. The number of aliphatic hydroxyl groups excluding tert-OH is 1. The van der Waals surface area contributed by atoms with Crippen molar-refractivity contribution in [3.8, 4) is 0 Å². The molecule has 3 N–H and O–H groups in total. The van der Waals surface area contributed by atoms with Gasteiger partial charge in [0.05, 0.1) is 0 Å². The van der Waals surface area contributed by atoms with Gasteiger partial charge in [0.25, 0.3) is 0 Å². The molecular formula is C10H13BrFNO. The highest BCUT2D eigenvalue weighted by atomic mass is 79.9. The van der Waals surface area contributed by atoms with E-state index in [1.165, 1.54) is 12.1 Å². The largest absolute Gasteiger partial charge is 0.396 e. The summed E-state index contributed by atoms with van der Waals surface area (Å²) >= 11 is 3.21. The third-order valence-corrected chi connectivity index (χ3v) is 2.50. The van der Waals surface area contributed by atoms with Crippen molar-refractivity contribution in [1.29, 1.82) is 0 Å². The second kappa shape index (κ2) is 5.44. The third-order valence-electron chi connectivity index (χ3n) is 2.04. The molecule has 4 heteroatoms. The van der Waals surface area contributed by atoms with Crippen molar-refractivity contribution in [1.82, 2.24) is 0 Å². The summed E-state index contributed by atoms with van der Waals surface area (Å²) in [6, 6.07) is 4.70. The van der Waals surface area contributed by atoms with Crippen LogP contribution >= 0.6 is 15.9 Å². The van der Waals surface area contributed by atoms with Crippen molar-refractivity contribution in [2.45, 2.75) is 6.42 Å². The molecule has 1 aromatic carbocycles. The summed E-state index contributed by atoms with van der Waals surface area (Å²) in [5.74, 6) is -0.271. The van der Waals surface area contributed by atoms with Crippen LogP contribution in [-0.2, 0) is 6.42 Å². The number of rotatable bonds is 4. The topological polar surface area (TPSA) is 46.2 Å². The van der Waals surface area contributed by atoms with Crippen molar-refractivity contribution >= 4 is 15.9 Å². The van der Waals surface area contributed by atoms with Gasteiger partial charge < -0.3 is 10.8 Å². The summed E-state index contributed by atoms with van der Waals surface area (Å²) in [4.78, 5) is 0. The highest BCUT2D eigenvalue weighted by molar-refractivity contribution is 9.10. The first kappa shape index (κ1) is 11.6. The van der Waals surface area contributed by atoms with Gasteiger partial charge in [0.2, 0.25) is 0 Å². The Hall–Kier alpha value is -0.450. The molecule has 1 aromatic rings. The van der Waals surface area contributed by atoms with Crippen LogP contribution in [0.3, 0.4) is 0 Å². The fourth-order valence-corrected chi connectivity index (χ4v) is 1.80. The number of nitrogens with two attached hydrogens (primary N) is 1. The molecule has 2 nitrogen and oxygen atoms in total. The summed E-state index contributed by atoms with van der Waals surface area (Å²) in [7, 11) is 0. The van der Waals surface area contributed by atoms with Gasteiger partial charge in [0.15, 0.2) is 0 Å². The van der Waals surface area contributed by atoms with E-state index in [-0.39, 0.29) is 18.3 Å². The molecule has 0 aromatic heterocycles. The number of hydrogen-bond donors (Lipinski definition) is 2. The summed E-state index contributed by atoms with van der Waals surface area (Å²) in [6.45, 7) is 0.440. The van der Waals surface area contributed by atoms with E-state index in [2.05, 4.69) is 15.9 Å². The normalized spacial score (nSPS) is 12.9. The van der Waals surface area contributed by atoms with Gasteiger partial charge in [-0.05, 0) is 42.6 Å². The maximum absolute atomic E-state index is 13.0. The first-order chi connectivity index (χ1) is 6.65. The van der Waals surface area contributed by atoms with Gasteiger partial charge in [-0.1, -0.05) is 15.9 Å². The molecule has 0 spiro atoms. The predicted octanol–water partition coefficient (Wildman–Crippen LogP) is 1.70. The van der Waals surface area contributed by atoms with Crippen LogP contribution in [0.25, 0.3) is 0 Å². The molecule has 0 aliphatic heterocycles. The summed E-state index contributed by atoms with van der Waals surface area (Å²) in [5, 5.41) is 8.94. The lowest BCUT2D eigenvalue weighted by atomic mass is 10.0. The second-order valence-electron chi connectivity index (χ2n) is 3.27. The van der Waals surface area contributed by atoms with Crippen LogP contribution in [0, 0.1) is 11.7 Å².